The normalized spacial score (nSPS) is 17.1. The highest BCUT2D eigenvalue weighted by Crippen LogP contribution is 2.46. The number of aryl methyl sites for hydroxylation is 2. The van der Waals surface area contributed by atoms with E-state index in [2.05, 4.69) is 4.98 Å². The zero-order chi connectivity index (χ0) is 25.6. The molecule has 182 valence electrons. The number of aromatic nitrogens is 1. The van der Waals surface area contributed by atoms with Crippen molar-refractivity contribution in [3.8, 4) is 11.5 Å². The number of methoxy groups -OCH3 is 2. The standard InChI is InChI=1S/C29H26N2O5/c1-16-9-14-23(36-4)21(15-16)27(32)25-26(24-17(2)30-22-8-6-5-7-20(22)24)31(29(34)28(25)33)18-10-12-19(35-3)13-11-18/h5-15,26,30,32H,1-4H3/b27-25+. The van der Waals surface area contributed by atoms with Gasteiger partial charge in [0.05, 0.1) is 31.4 Å². The molecule has 0 bridgehead atoms. The average Bonchev–Trinajstić information content (AvgIpc) is 3.35. The highest BCUT2D eigenvalue weighted by atomic mass is 16.5. The van der Waals surface area contributed by atoms with Crippen LogP contribution >= 0.6 is 0 Å². The number of carbonyl (C=O) groups excluding carboxylic acids is 2. The van der Waals surface area contributed by atoms with E-state index < -0.39 is 17.7 Å². The van der Waals surface area contributed by atoms with E-state index in [4.69, 9.17) is 9.47 Å². The second-order valence-corrected chi connectivity index (χ2v) is 8.78. The van der Waals surface area contributed by atoms with Crippen molar-refractivity contribution in [2.24, 2.45) is 0 Å². The van der Waals surface area contributed by atoms with Crippen molar-refractivity contribution in [2.75, 3.05) is 19.1 Å². The number of benzene rings is 3. The molecule has 3 aromatic carbocycles. The minimum absolute atomic E-state index is 0.00701. The van der Waals surface area contributed by atoms with Crippen LogP contribution < -0.4 is 14.4 Å². The lowest BCUT2D eigenvalue weighted by atomic mass is 9.92. The van der Waals surface area contributed by atoms with Gasteiger partial charge in [-0.05, 0) is 56.3 Å². The lowest BCUT2D eigenvalue weighted by molar-refractivity contribution is -0.132. The summed E-state index contributed by atoms with van der Waals surface area (Å²) in [5.74, 6) is -0.730. The number of carbonyl (C=O) groups is 2. The third-order valence-corrected chi connectivity index (χ3v) is 6.62. The van der Waals surface area contributed by atoms with Crippen molar-refractivity contribution in [3.63, 3.8) is 0 Å². The van der Waals surface area contributed by atoms with Gasteiger partial charge in [-0.1, -0.05) is 29.8 Å². The molecule has 1 saturated heterocycles. The van der Waals surface area contributed by atoms with Crippen molar-refractivity contribution in [3.05, 3.63) is 94.7 Å². The first-order chi connectivity index (χ1) is 17.3. The maximum Gasteiger partial charge on any atom is 0.300 e. The molecule has 1 aliphatic rings. The number of ether oxygens (including phenoxy) is 2. The predicted octanol–water partition coefficient (Wildman–Crippen LogP) is 5.43. The Labute approximate surface area is 208 Å². The van der Waals surface area contributed by atoms with Crippen LogP contribution in [-0.2, 0) is 9.59 Å². The fraction of sp³-hybridized carbons (Fsp3) is 0.172. The second-order valence-electron chi connectivity index (χ2n) is 8.78. The highest BCUT2D eigenvalue weighted by Gasteiger charge is 2.48. The Hall–Kier alpha value is -4.52. The van der Waals surface area contributed by atoms with Gasteiger partial charge < -0.3 is 19.6 Å². The van der Waals surface area contributed by atoms with E-state index in [1.807, 2.05) is 44.2 Å². The summed E-state index contributed by atoms with van der Waals surface area (Å²) in [5, 5.41) is 12.5. The van der Waals surface area contributed by atoms with E-state index in [1.165, 1.54) is 12.0 Å². The molecule has 1 unspecified atom stereocenters. The molecule has 2 heterocycles. The van der Waals surface area contributed by atoms with Gasteiger partial charge in [-0.2, -0.15) is 0 Å². The summed E-state index contributed by atoms with van der Waals surface area (Å²) >= 11 is 0. The van der Waals surface area contributed by atoms with Crippen molar-refractivity contribution < 1.29 is 24.2 Å². The SMILES string of the molecule is COc1ccc(N2C(=O)C(=O)/C(=C(/O)c3cc(C)ccc3OC)C2c2c(C)[nH]c3ccccc23)cc1. The summed E-state index contributed by atoms with van der Waals surface area (Å²) in [7, 11) is 3.06. The molecular formula is C29H26N2O5. The number of hydrogen-bond donors (Lipinski definition) is 2. The van der Waals surface area contributed by atoms with Crippen LogP contribution in [0.4, 0.5) is 5.69 Å². The number of rotatable bonds is 5. The minimum Gasteiger partial charge on any atom is -0.507 e. The molecule has 1 aromatic heterocycles. The third kappa shape index (κ3) is 3.60. The van der Waals surface area contributed by atoms with Crippen molar-refractivity contribution >= 4 is 34.0 Å². The van der Waals surface area contributed by atoms with Crippen molar-refractivity contribution in [2.45, 2.75) is 19.9 Å². The summed E-state index contributed by atoms with van der Waals surface area (Å²) in [6.45, 7) is 3.78. The first kappa shape index (κ1) is 23.2. The van der Waals surface area contributed by atoms with Gasteiger partial charge in [-0.25, -0.2) is 0 Å². The third-order valence-electron chi connectivity index (χ3n) is 6.62. The van der Waals surface area contributed by atoms with E-state index in [1.54, 1.807) is 43.5 Å². The van der Waals surface area contributed by atoms with Crippen LogP contribution in [0.15, 0.2) is 72.3 Å². The van der Waals surface area contributed by atoms with E-state index >= 15 is 0 Å². The largest absolute Gasteiger partial charge is 0.507 e. The molecule has 2 N–H and O–H groups in total. The number of aliphatic hydroxyl groups is 1. The number of H-pyrrole nitrogens is 1. The zero-order valence-corrected chi connectivity index (χ0v) is 20.5. The van der Waals surface area contributed by atoms with Gasteiger partial charge in [-0.3, -0.25) is 14.5 Å². The summed E-state index contributed by atoms with van der Waals surface area (Å²) in [6, 6.07) is 19.1. The molecule has 0 radical (unpaired) electrons. The lowest BCUT2D eigenvalue weighted by Crippen LogP contribution is -2.29. The molecule has 7 nitrogen and oxygen atoms in total. The molecule has 1 fully saturated rings. The first-order valence-electron chi connectivity index (χ1n) is 11.5. The van der Waals surface area contributed by atoms with E-state index in [-0.39, 0.29) is 11.3 Å². The Balaban J connectivity index is 1.82. The summed E-state index contributed by atoms with van der Waals surface area (Å²) in [6.07, 6.45) is 0. The number of nitrogens with one attached hydrogen (secondary N) is 1. The van der Waals surface area contributed by atoms with E-state index in [9.17, 15) is 14.7 Å². The number of Topliss-reactive ketones (excluding diaryl/α,β-unsaturated/α-hetero) is 1. The Morgan fingerprint density at radius 1 is 0.944 bits per heavy atom. The first-order valence-corrected chi connectivity index (χ1v) is 11.5. The average molecular weight is 483 g/mol. The smallest absolute Gasteiger partial charge is 0.300 e. The van der Waals surface area contributed by atoms with Crippen molar-refractivity contribution in [1.82, 2.24) is 4.98 Å². The topological polar surface area (TPSA) is 91.9 Å². The number of fused-ring (bicyclic) bond motifs is 1. The highest BCUT2D eigenvalue weighted by molar-refractivity contribution is 6.52. The van der Waals surface area contributed by atoms with Gasteiger partial charge in [-0.15, -0.1) is 0 Å². The molecule has 5 rings (SSSR count). The fourth-order valence-corrected chi connectivity index (χ4v) is 4.92. The van der Waals surface area contributed by atoms with Gasteiger partial charge in [0.2, 0.25) is 0 Å². The molecule has 0 spiro atoms. The molecule has 1 amide bonds. The van der Waals surface area contributed by atoms with E-state index in [0.29, 0.717) is 22.7 Å². The Bertz CT molecular complexity index is 1530. The quantitative estimate of drug-likeness (QED) is 0.225. The molecule has 0 saturated carbocycles. The van der Waals surface area contributed by atoms with Crippen LogP contribution in [0.1, 0.15) is 28.4 Å². The summed E-state index contributed by atoms with van der Waals surface area (Å²) < 4.78 is 10.7. The van der Waals surface area contributed by atoms with Crippen molar-refractivity contribution in [1.29, 1.82) is 0 Å². The van der Waals surface area contributed by atoms with E-state index in [0.717, 1.165) is 27.7 Å². The van der Waals surface area contributed by atoms with Crippen LogP contribution in [0.3, 0.4) is 0 Å². The van der Waals surface area contributed by atoms with Crippen LogP contribution in [-0.4, -0.2) is 36.0 Å². The number of anilines is 1. The van der Waals surface area contributed by atoms with Gasteiger partial charge in [0, 0.05) is 27.8 Å². The Kier molecular flexibility index (Phi) is 5.76. The maximum absolute atomic E-state index is 13.6. The molecule has 36 heavy (non-hydrogen) atoms. The summed E-state index contributed by atoms with van der Waals surface area (Å²) in [5.41, 5.74) is 4.17. The number of ketones is 1. The van der Waals surface area contributed by atoms with Gasteiger partial charge >= 0.3 is 0 Å². The minimum atomic E-state index is -0.861. The molecule has 0 aliphatic carbocycles. The maximum atomic E-state index is 13.6. The molecule has 7 heteroatoms. The number of aliphatic hydroxyl groups excluding tert-OH is 1. The van der Waals surface area contributed by atoms with Crippen LogP contribution in [0.5, 0.6) is 11.5 Å². The second kappa shape index (κ2) is 8.92. The number of amides is 1. The van der Waals surface area contributed by atoms with Crippen LogP contribution in [0.2, 0.25) is 0 Å². The lowest BCUT2D eigenvalue weighted by Gasteiger charge is -2.26. The number of nitrogens with zero attached hydrogens (tertiary/aromatic N) is 1. The zero-order valence-electron chi connectivity index (χ0n) is 20.5. The number of hydrogen-bond acceptors (Lipinski definition) is 5. The van der Waals surface area contributed by atoms with Gasteiger partial charge in [0.1, 0.15) is 17.3 Å². The number of aromatic amines is 1. The monoisotopic (exact) mass is 482 g/mol. The fourth-order valence-electron chi connectivity index (χ4n) is 4.92. The van der Waals surface area contributed by atoms with Crippen LogP contribution in [0, 0.1) is 13.8 Å². The summed E-state index contributed by atoms with van der Waals surface area (Å²) in [4.78, 5) is 31.9. The molecular weight excluding hydrogens is 456 g/mol. The molecule has 1 aliphatic heterocycles. The van der Waals surface area contributed by atoms with Crippen LogP contribution in [0.25, 0.3) is 16.7 Å². The van der Waals surface area contributed by atoms with Gasteiger partial charge in [0.25, 0.3) is 11.7 Å². The predicted molar refractivity (Wildman–Crippen MR) is 139 cm³/mol. The molecule has 4 aromatic rings. The molecule has 1 atom stereocenters. The Morgan fingerprint density at radius 3 is 2.36 bits per heavy atom. The van der Waals surface area contributed by atoms with Gasteiger partial charge in [0.15, 0.2) is 0 Å². The number of para-hydroxylation sites is 1. The Morgan fingerprint density at radius 2 is 1.67 bits per heavy atom.